The Kier molecular flexibility index (Phi) is 21.9. The molecule has 2 rings (SSSR count). The van der Waals surface area contributed by atoms with Gasteiger partial charge >= 0.3 is 0 Å². The average molecular weight is 651 g/mol. The first kappa shape index (κ1) is 37.5. The molecule has 0 N–H and O–H groups in total. The Morgan fingerprint density at radius 2 is 0.878 bits per heavy atom. The zero-order chi connectivity index (χ0) is 28.8. The molecule has 0 bridgehead atoms. The molecule has 0 aliphatic rings. The Bertz CT molecular complexity index is 955. The minimum absolute atomic E-state index is 0. The number of aliphatic imine (C=N–C) groups is 2. The second kappa shape index (κ2) is 23.9. The Morgan fingerprint density at radius 3 is 1.32 bits per heavy atom. The zero-order valence-corrected chi connectivity index (χ0v) is 28.7. The standard InChI is InChI=1S/C38H60N2.Pd/c1-6-11-16-17-18-19-24-36(40-38-29-34(22-14-9-4)26-35(30-38)23-15-10-5)31-39-37-27-32(20-12-7-2)25-33(28-37)21-13-8-3;/h25-31H,6-24H2,1-5H3;/b39-31+,40-36+;. The number of hydrogen-bond donors (Lipinski definition) is 0. The van der Waals surface area contributed by atoms with E-state index in [0.29, 0.717) is 0 Å². The van der Waals surface area contributed by atoms with Crippen molar-refractivity contribution in [2.75, 3.05) is 0 Å². The molecule has 0 spiro atoms. The minimum Gasteiger partial charge on any atom is -0.255 e. The van der Waals surface area contributed by atoms with Crippen molar-refractivity contribution in [2.45, 2.75) is 157 Å². The van der Waals surface area contributed by atoms with Crippen molar-refractivity contribution in [1.82, 2.24) is 0 Å². The van der Waals surface area contributed by atoms with Gasteiger partial charge in [0, 0.05) is 26.6 Å². The summed E-state index contributed by atoms with van der Waals surface area (Å²) in [7, 11) is 0. The third kappa shape index (κ3) is 16.6. The molecule has 0 amide bonds. The molecular formula is C38H60N2Pd. The largest absolute Gasteiger partial charge is 0.255 e. The van der Waals surface area contributed by atoms with Crippen LogP contribution in [0, 0.1) is 0 Å². The van der Waals surface area contributed by atoms with Gasteiger partial charge in [0.15, 0.2) is 0 Å². The van der Waals surface area contributed by atoms with Gasteiger partial charge in [0.25, 0.3) is 0 Å². The van der Waals surface area contributed by atoms with Crippen LogP contribution in [0.3, 0.4) is 0 Å². The molecule has 0 aromatic heterocycles. The normalized spacial score (nSPS) is 11.8. The van der Waals surface area contributed by atoms with Crippen LogP contribution < -0.4 is 0 Å². The van der Waals surface area contributed by atoms with Gasteiger partial charge < -0.3 is 0 Å². The molecule has 2 aromatic rings. The minimum atomic E-state index is 0. The summed E-state index contributed by atoms with van der Waals surface area (Å²) in [5.41, 5.74) is 9.08. The van der Waals surface area contributed by atoms with E-state index in [2.05, 4.69) is 77.2 Å². The van der Waals surface area contributed by atoms with Crippen molar-refractivity contribution in [3.05, 3.63) is 58.7 Å². The Labute approximate surface area is 268 Å². The van der Waals surface area contributed by atoms with Gasteiger partial charge in [0.05, 0.1) is 17.1 Å². The molecule has 0 saturated carbocycles. The van der Waals surface area contributed by atoms with Crippen LogP contribution in [0.25, 0.3) is 0 Å². The van der Waals surface area contributed by atoms with Crippen molar-refractivity contribution >= 4 is 23.3 Å². The van der Waals surface area contributed by atoms with Crippen LogP contribution in [0.2, 0.25) is 0 Å². The first-order valence-corrected chi connectivity index (χ1v) is 17.0. The Hall–Kier alpha value is -1.56. The average Bonchev–Trinajstić information content (AvgIpc) is 2.97. The summed E-state index contributed by atoms with van der Waals surface area (Å²) in [6, 6.07) is 14.1. The van der Waals surface area contributed by atoms with Gasteiger partial charge in [-0.05, 0) is 111 Å². The maximum Gasteiger partial charge on any atom is 0.0639 e. The summed E-state index contributed by atoms with van der Waals surface area (Å²) in [6.45, 7) is 11.4. The van der Waals surface area contributed by atoms with Crippen molar-refractivity contribution in [3.8, 4) is 0 Å². The quantitative estimate of drug-likeness (QED) is 0.0688. The first-order valence-electron chi connectivity index (χ1n) is 17.0. The second-order valence-electron chi connectivity index (χ2n) is 11.8. The molecule has 2 aromatic carbocycles. The summed E-state index contributed by atoms with van der Waals surface area (Å²) in [6.07, 6.45) is 25.3. The van der Waals surface area contributed by atoms with E-state index < -0.39 is 0 Å². The van der Waals surface area contributed by atoms with Crippen molar-refractivity contribution in [1.29, 1.82) is 0 Å². The fourth-order valence-corrected chi connectivity index (χ4v) is 5.28. The molecule has 2 nitrogen and oxygen atoms in total. The van der Waals surface area contributed by atoms with E-state index in [0.717, 1.165) is 49.2 Å². The third-order valence-electron chi connectivity index (χ3n) is 7.77. The number of hydrogen-bond acceptors (Lipinski definition) is 2. The molecule has 0 radical (unpaired) electrons. The predicted molar refractivity (Wildman–Crippen MR) is 181 cm³/mol. The van der Waals surface area contributed by atoms with Gasteiger partial charge in [-0.25, -0.2) is 0 Å². The summed E-state index contributed by atoms with van der Waals surface area (Å²) in [4.78, 5) is 10.3. The van der Waals surface area contributed by atoms with E-state index in [-0.39, 0.29) is 20.4 Å². The van der Waals surface area contributed by atoms with Crippen LogP contribution in [0.5, 0.6) is 0 Å². The van der Waals surface area contributed by atoms with Crippen LogP contribution in [0.4, 0.5) is 11.4 Å². The third-order valence-corrected chi connectivity index (χ3v) is 7.77. The summed E-state index contributed by atoms with van der Waals surface area (Å²) in [5, 5.41) is 0. The maximum atomic E-state index is 5.26. The molecule has 41 heavy (non-hydrogen) atoms. The van der Waals surface area contributed by atoms with E-state index in [1.807, 2.05) is 0 Å². The van der Waals surface area contributed by atoms with E-state index in [4.69, 9.17) is 9.98 Å². The SMILES string of the molecule is CCCCCCCCC(/C=N/c1cc(CCCC)cc(CCCC)c1)=N\c1cc(CCCC)cc(CCCC)c1.[Pd]. The monoisotopic (exact) mass is 650 g/mol. The number of aryl methyl sites for hydroxylation is 4. The number of rotatable bonds is 22. The number of unbranched alkanes of at least 4 members (excludes halogenated alkanes) is 9. The second-order valence-corrected chi connectivity index (χ2v) is 11.8. The molecule has 0 fully saturated rings. The molecule has 0 aliphatic carbocycles. The van der Waals surface area contributed by atoms with Gasteiger partial charge in [0.2, 0.25) is 0 Å². The van der Waals surface area contributed by atoms with Crippen molar-refractivity contribution in [2.24, 2.45) is 9.98 Å². The van der Waals surface area contributed by atoms with Crippen molar-refractivity contribution < 1.29 is 20.4 Å². The first-order chi connectivity index (χ1) is 19.6. The molecule has 232 valence electrons. The van der Waals surface area contributed by atoms with E-state index in [1.54, 1.807) is 0 Å². The molecule has 0 heterocycles. The van der Waals surface area contributed by atoms with E-state index in [9.17, 15) is 0 Å². The van der Waals surface area contributed by atoms with Crippen LogP contribution in [-0.2, 0) is 46.1 Å². The maximum absolute atomic E-state index is 5.26. The fourth-order valence-electron chi connectivity index (χ4n) is 5.28. The summed E-state index contributed by atoms with van der Waals surface area (Å²) >= 11 is 0. The van der Waals surface area contributed by atoms with Gasteiger partial charge in [-0.15, -0.1) is 0 Å². The Morgan fingerprint density at radius 1 is 0.488 bits per heavy atom. The number of nitrogens with zero attached hydrogens (tertiary/aromatic N) is 2. The van der Waals surface area contributed by atoms with Crippen LogP contribution in [-0.4, -0.2) is 11.9 Å². The summed E-state index contributed by atoms with van der Waals surface area (Å²) in [5.74, 6) is 0. The van der Waals surface area contributed by atoms with E-state index in [1.165, 1.54) is 112 Å². The van der Waals surface area contributed by atoms with Gasteiger partial charge in [0.1, 0.15) is 0 Å². The van der Waals surface area contributed by atoms with Gasteiger partial charge in [-0.1, -0.05) is 105 Å². The number of benzene rings is 2. The van der Waals surface area contributed by atoms with Gasteiger partial charge in [-0.3, -0.25) is 9.98 Å². The fraction of sp³-hybridized carbons (Fsp3) is 0.632. The molecule has 3 heteroatoms. The summed E-state index contributed by atoms with van der Waals surface area (Å²) < 4.78 is 0. The van der Waals surface area contributed by atoms with Crippen molar-refractivity contribution in [3.63, 3.8) is 0 Å². The predicted octanol–water partition coefficient (Wildman–Crippen LogP) is 12.3. The molecule has 0 atom stereocenters. The molecular weight excluding hydrogens is 591 g/mol. The molecule has 0 aliphatic heterocycles. The van der Waals surface area contributed by atoms with Crippen LogP contribution >= 0.6 is 0 Å². The van der Waals surface area contributed by atoms with Gasteiger partial charge in [-0.2, -0.15) is 0 Å². The topological polar surface area (TPSA) is 24.7 Å². The van der Waals surface area contributed by atoms with E-state index >= 15 is 0 Å². The zero-order valence-electron chi connectivity index (χ0n) is 27.2. The molecule has 0 saturated heterocycles. The van der Waals surface area contributed by atoms with Crippen LogP contribution in [0.1, 0.15) is 153 Å². The Balaban J connectivity index is 0.00000840. The van der Waals surface area contributed by atoms with Crippen LogP contribution in [0.15, 0.2) is 46.4 Å². The smallest absolute Gasteiger partial charge is 0.0639 e. The molecule has 0 unspecified atom stereocenters.